The number of nitrogens with zero attached hydrogens (tertiary/aromatic N) is 1. The normalized spacial score (nSPS) is 10.9. The number of nitro benzene ring substituents is 1. The van der Waals surface area contributed by atoms with E-state index in [2.05, 4.69) is 10.0 Å². The predicted molar refractivity (Wildman–Crippen MR) is 125 cm³/mol. The molecule has 11 heteroatoms. The van der Waals surface area contributed by atoms with Crippen molar-refractivity contribution in [2.75, 3.05) is 16.6 Å². The maximum absolute atomic E-state index is 12.5. The number of carbonyl (C=O) groups excluding carboxylic acids is 2. The number of nitrogens with one attached hydrogen (secondary N) is 2. The summed E-state index contributed by atoms with van der Waals surface area (Å²) >= 11 is 0. The quantitative estimate of drug-likeness (QED) is 0.281. The second kappa shape index (κ2) is 10.1. The number of hydrogen-bond acceptors (Lipinski definition) is 7. The van der Waals surface area contributed by atoms with Gasteiger partial charge in [-0.2, -0.15) is 0 Å². The monoisotopic (exact) mass is 483 g/mol. The van der Waals surface area contributed by atoms with E-state index in [9.17, 15) is 28.1 Å². The molecule has 0 heterocycles. The number of non-ortho nitro benzene ring substituents is 1. The molecule has 0 spiro atoms. The van der Waals surface area contributed by atoms with Crippen LogP contribution in [0.3, 0.4) is 0 Å². The van der Waals surface area contributed by atoms with E-state index >= 15 is 0 Å². The number of rotatable bonds is 8. The standard InChI is InChI=1S/C23H21N3O7S/c1-15-3-8-18(9-4-15)25-34(31,32)20-11-6-17(7-12-20)23(28)33-14-22(27)24-21-13-19(26(29)30)10-5-16(21)2/h3-13,25H,14H2,1-2H3,(H,24,27). The predicted octanol–water partition coefficient (Wildman–Crippen LogP) is 3.81. The SMILES string of the molecule is Cc1ccc(NS(=O)(=O)c2ccc(C(=O)OCC(=O)Nc3cc([N+](=O)[O-])ccc3C)cc2)cc1. The van der Waals surface area contributed by atoms with Crippen molar-refractivity contribution in [2.45, 2.75) is 18.7 Å². The molecule has 0 radical (unpaired) electrons. The van der Waals surface area contributed by atoms with Gasteiger partial charge in [-0.05, 0) is 55.8 Å². The molecule has 0 atom stereocenters. The summed E-state index contributed by atoms with van der Waals surface area (Å²) in [5.41, 5.74) is 2.07. The number of esters is 1. The molecule has 34 heavy (non-hydrogen) atoms. The number of carbonyl (C=O) groups is 2. The highest BCUT2D eigenvalue weighted by molar-refractivity contribution is 7.92. The second-order valence-corrected chi connectivity index (χ2v) is 9.06. The van der Waals surface area contributed by atoms with Crippen LogP contribution in [-0.4, -0.2) is 31.8 Å². The first-order valence-corrected chi connectivity index (χ1v) is 11.4. The third kappa shape index (κ3) is 6.17. The van der Waals surface area contributed by atoms with Gasteiger partial charge in [0.2, 0.25) is 0 Å². The van der Waals surface area contributed by atoms with Crippen molar-refractivity contribution < 1.29 is 27.7 Å². The molecule has 0 aliphatic rings. The Hall–Kier alpha value is -4.25. The number of nitro groups is 1. The van der Waals surface area contributed by atoms with Gasteiger partial charge in [0.05, 0.1) is 21.1 Å². The minimum absolute atomic E-state index is 0.0496. The number of aryl methyl sites for hydroxylation is 2. The molecule has 3 aromatic carbocycles. The van der Waals surface area contributed by atoms with Crippen LogP contribution in [0.15, 0.2) is 71.6 Å². The molecule has 3 rings (SSSR count). The van der Waals surface area contributed by atoms with Crippen molar-refractivity contribution in [3.63, 3.8) is 0 Å². The molecule has 3 aromatic rings. The van der Waals surface area contributed by atoms with Crippen LogP contribution in [0.25, 0.3) is 0 Å². The summed E-state index contributed by atoms with van der Waals surface area (Å²) in [5, 5.41) is 13.4. The Labute approximate surface area is 195 Å². The molecule has 0 aliphatic heterocycles. The van der Waals surface area contributed by atoms with Crippen molar-refractivity contribution >= 4 is 39.0 Å². The first-order valence-electron chi connectivity index (χ1n) is 9.97. The van der Waals surface area contributed by atoms with Gasteiger partial charge < -0.3 is 10.1 Å². The highest BCUT2D eigenvalue weighted by atomic mass is 32.2. The van der Waals surface area contributed by atoms with Gasteiger partial charge in [0.1, 0.15) is 0 Å². The first kappa shape index (κ1) is 24.4. The molecule has 2 N–H and O–H groups in total. The van der Waals surface area contributed by atoms with Crippen LogP contribution < -0.4 is 10.0 Å². The zero-order valence-electron chi connectivity index (χ0n) is 18.3. The molecule has 1 amide bonds. The minimum atomic E-state index is -3.86. The first-order chi connectivity index (χ1) is 16.0. The molecule has 0 saturated carbocycles. The summed E-state index contributed by atoms with van der Waals surface area (Å²) in [4.78, 5) is 34.6. The van der Waals surface area contributed by atoms with Gasteiger partial charge in [-0.25, -0.2) is 13.2 Å². The molecule has 0 aliphatic carbocycles. The van der Waals surface area contributed by atoms with Gasteiger partial charge in [-0.3, -0.25) is 19.6 Å². The average Bonchev–Trinajstić information content (AvgIpc) is 2.80. The fourth-order valence-corrected chi connectivity index (χ4v) is 3.92. The van der Waals surface area contributed by atoms with E-state index in [4.69, 9.17) is 4.74 Å². The highest BCUT2D eigenvalue weighted by Gasteiger charge is 2.17. The van der Waals surface area contributed by atoms with Gasteiger partial charge in [0, 0.05) is 17.8 Å². The number of anilines is 2. The average molecular weight is 484 g/mol. The largest absolute Gasteiger partial charge is 0.452 e. The van der Waals surface area contributed by atoms with Crippen LogP contribution in [0.1, 0.15) is 21.5 Å². The smallest absolute Gasteiger partial charge is 0.338 e. The van der Waals surface area contributed by atoms with Crippen LogP contribution in [0.2, 0.25) is 0 Å². The lowest BCUT2D eigenvalue weighted by molar-refractivity contribution is -0.384. The Morgan fingerprint density at radius 1 is 0.971 bits per heavy atom. The molecule has 0 unspecified atom stereocenters. The summed E-state index contributed by atoms with van der Waals surface area (Å²) in [7, 11) is -3.86. The van der Waals surface area contributed by atoms with Gasteiger partial charge >= 0.3 is 5.97 Å². The van der Waals surface area contributed by atoms with E-state index in [1.165, 1.54) is 42.5 Å². The number of sulfonamides is 1. The minimum Gasteiger partial charge on any atom is -0.452 e. The lowest BCUT2D eigenvalue weighted by Gasteiger charge is -2.10. The van der Waals surface area contributed by atoms with E-state index in [-0.39, 0.29) is 21.8 Å². The van der Waals surface area contributed by atoms with E-state index in [0.717, 1.165) is 5.56 Å². The molecular weight excluding hydrogens is 462 g/mol. The molecule has 10 nitrogen and oxygen atoms in total. The number of amides is 1. The Morgan fingerprint density at radius 2 is 1.62 bits per heavy atom. The number of hydrogen-bond donors (Lipinski definition) is 2. The van der Waals surface area contributed by atoms with Crippen molar-refractivity contribution in [3.05, 3.63) is 93.5 Å². The van der Waals surface area contributed by atoms with Crippen LogP contribution in [0.4, 0.5) is 17.1 Å². The summed E-state index contributed by atoms with van der Waals surface area (Å²) in [5.74, 6) is -1.51. The van der Waals surface area contributed by atoms with Crippen LogP contribution in [0.5, 0.6) is 0 Å². The number of benzene rings is 3. The zero-order valence-corrected chi connectivity index (χ0v) is 19.1. The lowest BCUT2D eigenvalue weighted by Crippen LogP contribution is -2.21. The van der Waals surface area contributed by atoms with Crippen molar-refractivity contribution in [2.24, 2.45) is 0 Å². The molecule has 0 fully saturated rings. The third-order valence-corrected chi connectivity index (χ3v) is 6.14. The molecule has 176 valence electrons. The van der Waals surface area contributed by atoms with Gasteiger partial charge in [-0.15, -0.1) is 0 Å². The van der Waals surface area contributed by atoms with E-state index in [0.29, 0.717) is 11.3 Å². The fourth-order valence-electron chi connectivity index (χ4n) is 2.86. The van der Waals surface area contributed by atoms with Gasteiger partial charge in [0.15, 0.2) is 6.61 Å². The van der Waals surface area contributed by atoms with Crippen molar-refractivity contribution in [1.82, 2.24) is 0 Å². The maximum atomic E-state index is 12.5. The van der Waals surface area contributed by atoms with Gasteiger partial charge in [0.25, 0.3) is 21.6 Å². The van der Waals surface area contributed by atoms with E-state index in [1.54, 1.807) is 31.2 Å². The summed E-state index contributed by atoms with van der Waals surface area (Å²) in [6.07, 6.45) is 0. The highest BCUT2D eigenvalue weighted by Crippen LogP contribution is 2.22. The summed E-state index contributed by atoms with van der Waals surface area (Å²) < 4.78 is 32.5. The van der Waals surface area contributed by atoms with Crippen molar-refractivity contribution in [1.29, 1.82) is 0 Å². The van der Waals surface area contributed by atoms with Crippen LogP contribution in [0, 0.1) is 24.0 Å². The molecule has 0 saturated heterocycles. The van der Waals surface area contributed by atoms with Crippen molar-refractivity contribution in [3.8, 4) is 0 Å². The fraction of sp³-hybridized carbons (Fsp3) is 0.130. The van der Waals surface area contributed by atoms with Crippen LogP contribution in [-0.2, 0) is 19.6 Å². The second-order valence-electron chi connectivity index (χ2n) is 7.38. The molecular formula is C23H21N3O7S. The summed E-state index contributed by atoms with van der Waals surface area (Å²) in [6, 6.07) is 15.9. The van der Waals surface area contributed by atoms with Crippen LogP contribution >= 0.6 is 0 Å². The molecule has 0 bridgehead atoms. The van der Waals surface area contributed by atoms with E-state index in [1.807, 2.05) is 6.92 Å². The van der Waals surface area contributed by atoms with Gasteiger partial charge in [-0.1, -0.05) is 23.8 Å². The Morgan fingerprint density at radius 3 is 2.24 bits per heavy atom. The maximum Gasteiger partial charge on any atom is 0.338 e. The Bertz CT molecular complexity index is 1340. The molecule has 0 aromatic heterocycles. The number of ether oxygens (including phenoxy) is 1. The Balaban J connectivity index is 1.59. The lowest BCUT2D eigenvalue weighted by atomic mass is 10.2. The third-order valence-electron chi connectivity index (χ3n) is 4.74. The Kier molecular flexibility index (Phi) is 7.27. The topological polar surface area (TPSA) is 145 Å². The zero-order chi connectivity index (χ0) is 24.9. The summed E-state index contributed by atoms with van der Waals surface area (Å²) in [6.45, 7) is 2.92. The van der Waals surface area contributed by atoms with E-state index < -0.39 is 33.4 Å².